The minimum Gasteiger partial charge on any atom is -0.378 e. The van der Waals surface area contributed by atoms with Crippen molar-refractivity contribution in [2.75, 3.05) is 13.2 Å². The van der Waals surface area contributed by atoms with Gasteiger partial charge in [0, 0.05) is 0 Å². The van der Waals surface area contributed by atoms with Gasteiger partial charge in [0.1, 0.15) is 5.41 Å². The van der Waals surface area contributed by atoms with Gasteiger partial charge in [0.05, 0.1) is 19.3 Å². The van der Waals surface area contributed by atoms with E-state index in [4.69, 9.17) is 10.00 Å². The Hall–Kier alpha value is -1.33. The molecule has 2 heteroatoms. The minimum atomic E-state index is -0.258. The van der Waals surface area contributed by atoms with Gasteiger partial charge in [0.25, 0.3) is 0 Å². The van der Waals surface area contributed by atoms with Crippen LogP contribution in [0.25, 0.3) is 0 Å². The van der Waals surface area contributed by atoms with Crippen molar-refractivity contribution in [3.8, 4) is 6.07 Å². The van der Waals surface area contributed by atoms with Gasteiger partial charge in [-0.05, 0) is 24.0 Å². The van der Waals surface area contributed by atoms with E-state index in [1.165, 1.54) is 17.5 Å². The van der Waals surface area contributed by atoms with Crippen LogP contribution >= 0.6 is 0 Å². The average Bonchev–Trinajstić information content (AvgIpc) is 2.26. The maximum Gasteiger partial charge on any atom is 0.108 e. The highest BCUT2D eigenvalue weighted by atomic mass is 16.5. The van der Waals surface area contributed by atoms with Crippen LogP contribution in [-0.4, -0.2) is 13.2 Å². The zero-order valence-electron chi connectivity index (χ0n) is 9.70. The van der Waals surface area contributed by atoms with E-state index in [9.17, 15) is 0 Å². The van der Waals surface area contributed by atoms with E-state index < -0.39 is 0 Å². The summed E-state index contributed by atoms with van der Waals surface area (Å²) in [6, 6.07) is 11.0. The Labute approximate surface area is 96.9 Å². The summed E-state index contributed by atoms with van der Waals surface area (Å²) in [5, 5.41) is 9.11. The number of hydrogen-bond donors (Lipinski definition) is 0. The van der Waals surface area contributed by atoms with Gasteiger partial charge in [-0.25, -0.2) is 0 Å². The molecular formula is C14H17NO. The lowest BCUT2D eigenvalue weighted by molar-refractivity contribution is -0.0765. The molecule has 16 heavy (non-hydrogen) atoms. The Morgan fingerprint density at radius 2 is 1.88 bits per heavy atom. The van der Waals surface area contributed by atoms with Crippen LogP contribution in [0.4, 0.5) is 0 Å². The molecule has 1 aromatic rings. The zero-order valence-corrected chi connectivity index (χ0v) is 9.70. The first-order chi connectivity index (χ1) is 7.78. The van der Waals surface area contributed by atoms with E-state index in [0.29, 0.717) is 13.2 Å². The van der Waals surface area contributed by atoms with E-state index in [2.05, 4.69) is 37.3 Å². The molecule has 1 heterocycles. The molecule has 1 fully saturated rings. The van der Waals surface area contributed by atoms with Gasteiger partial charge in [-0.15, -0.1) is 0 Å². The molecule has 0 saturated carbocycles. The van der Waals surface area contributed by atoms with Gasteiger partial charge in [-0.3, -0.25) is 0 Å². The molecule has 1 saturated heterocycles. The molecule has 0 unspecified atom stereocenters. The van der Waals surface area contributed by atoms with Crippen molar-refractivity contribution in [1.29, 1.82) is 5.26 Å². The smallest absolute Gasteiger partial charge is 0.108 e. The Balaban J connectivity index is 2.02. The second kappa shape index (κ2) is 4.67. The molecule has 0 radical (unpaired) electrons. The molecule has 0 aliphatic carbocycles. The largest absolute Gasteiger partial charge is 0.378 e. The van der Waals surface area contributed by atoms with Crippen molar-refractivity contribution in [3.63, 3.8) is 0 Å². The van der Waals surface area contributed by atoms with E-state index in [-0.39, 0.29) is 5.41 Å². The van der Waals surface area contributed by atoms with Crippen LogP contribution in [0.3, 0.4) is 0 Å². The predicted molar refractivity (Wildman–Crippen MR) is 63.0 cm³/mol. The van der Waals surface area contributed by atoms with Crippen LogP contribution < -0.4 is 0 Å². The van der Waals surface area contributed by atoms with Crippen LogP contribution in [0.2, 0.25) is 0 Å². The second-order valence-electron chi connectivity index (χ2n) is 4.63. The monoisotopic (exact) mass is 215 g/mol. The maximum atomic E-state index is 9.11. The number of hydrogen-bond acceptors (Lipinski definition) is 2. The third kappa shape index (κ3) is 2.25. The minimum absolute atomic E-state index is 0.258. The summed E-state index contributed by atoms with van der Waals surface area (Å²) in [6.45, 7) is 3.35. The van der Waals surface area contributed by atoms with E-state index in [1.54, 1.807) is 0 Å². The van der Waals surface area contributed by atoms with Crippen molar-refractivity contribution < 1.29 is 4.74 Å². The van der Waals surface area contributed by atoms with Gasteiger partial charge in [-0.1, -0.05) is 37.6 Å². The molecule has 2 rings (SSSR count). The second-order valence-corrected chi connectivity index (χ2v) is 4.63. The summed E-state index contributed by atoms with van der Waals surface area (Å²) in [7, 11) is 0. The third-order valence-electron chi connectivity index (χ3n) is 3.10. The summed E-state index contributed by atoms with van der Waals surface area (Å²) in [6.07, 6.45) is 3.12. The molecule has 2 nitrogen and oxygen atoms in total. The lowest BCUT2D eigenvalue weighted by Gasteiger charge is -2.35. The summed E-state index contributed by atoms with van der Waals surface area (Å²) in [4.78, 5) is 0. The number of nitrogens with zero attached hydrogens (tertiary/aromatic N) is 1. The van der Waals surface area contributed by atoms with Crippen LogP contribution in [0.5, 0.6) is 0 Å². The summed E-state index contributed by atoms with van der Waals surface area (Å²) in [5.41, 5.74) is 2.36. The van der Waals surface area contributed by atoms with Gasteiger partial charge in [0.15, 0.2) is 0 Å². The van der Waals surface area contributed by atoms with Gasteiger partial charge >= 0.3 is 0 Å². The SMILES string of the molecule is CCCc1ccc(CC2(C#N)COC2)cc1. The topological polar surface area (TPSA) is 33.0 Å². The number of nitriles is 1. The first kappa shape index (κ1) is 11.2. The molecule has 1 aliphatic heterocycles. The molecule has 0 amide bonds. The van der Waals surface area contributed by atoms with Crippen molar-refractivity contribution in [2.45, 2.75) is 26.2 Å². The fourth-order valence-corrected chi connectivity index (χ4v) is 2.06. The fraction of sp³-hybridized carbons (Fsp3) is 0.500. The summed E-state index contributed by atoms with van der Waals surface area (Å²) in [5.74, 6) is 0. The average molecular weight is 215 g/mol. The number of ether oxygens (including phenoxy) is 1. The third-order valence-corrected chi connectivity index (χ3v) is 3.10. The highest BCUT2D eigenvalue weighted by Crippen LogP contribution is 2.30. The van der Waals surface area contributed by atoms with Gasteiger partial charge in [0.2, 0.25) is 0 Å². The van der Waals surface area contributed by atoms with E-state index in [1.807, 2.05) is 0 Å². The zero-order chi connectivity index (χ0) is 11.4. The Morgan fingerprint density at radius 3 is 2.31 bits per heavy atom. The van der Waals surface area contributed by atoms with Crippen molar-refractivity contribution in [3.05, 3.63) is 35.4 Å². The highest BCUT2D eigenvalue weighted by Gasteiger charge is 2.38. The van der Waals surface area contributed by atoms with Crippen molar-refractivity contribution in [1.82, 2.24) is 0 Å². The summed E-state index contributed by atoms with van der Waals surface area (Å²) < 4.78 is 5.14. The molecule has 0 bridgehead atoms. The lowest BCUT2D eigenvalue weighted by atomic mass is 9.81. The first-order valence-corrected chi connectivity index (χ1v) is 5.85. The first-order valence-electron chi connectivity index (χ1n) is 5.85. The van der Waals surface area contributed by atoms with Crippen LogP contribution in [0.1, 0.15) is 24.5 Å². The lowest BCUT2D eigenvalue weighted by Crippen LogP contribution is -2.43. The number of rotatable bonds is 4. The van der Waals surface area contributed by atoms with Crippen molar-refractivity contribution in [2.24, 2.45) is 5.41 Å². The Morgan fingerprint density at radius 1 is 1.25 bits per heavy atom. The molecule has 0 atom stereocenters. The number of aryl methyl sites for hydroxylation is 1. The van der Waals surface area contributed by atoms with Crippen LogP contribution in [0.15, 0.2) is 24.3 Å². The van der Waals surface area contributed by atoms with E-state index in [0.717, 1.165) is 12.8 Å². The van der Waals surface area contributed by atoms with Crippen molar-refractivity contribution >= 4 is 0 Å². The molecule has 1 aromatic carbocycles. The Kier molecular flexibility index (Phi) is 3.26. The molecule has 0 spiro atoms. The van der Waals surface area contributed by atoms with E-state index >= 15 is 0 Å². The fourth-order valence-electron chi connectivity index (χ4n) is 2.06. The molecule has 0 N–H and O–H groups in total. The number of benzene rings is 1. The molecule has 1 aliphatic rings. The quantitative estimate of drug-likeness (QED) is 0.773. The van der Waals surface area contributed by atoms with Gasteiger partial charge in [-0.2, -0.15) is 5.26 Å². The predicted octanol–water partition coefficient (Wildman–Crippen LogP) is 2.72. The highest BCUT2D eigenvalue weighted by molar-refractivity contribution is 5.25. The summed E-state index contributed by atoms with van der Waals surface area (Å²) >= 11 is 0. The standard InChI is InChI=1S/C14H17NO/c1-2-3-12-4-6-13(7-5-12)8-14(9-15)10-16-11-14/h4-7H,2-3,8,10-11H2,1H3. The Bertz CT molecular complexity index is 384. The van der Waals surface area contributed by atoms with Gasteiger partial charge < -0.3 is 4.74 Å². The maximum absolute atomic E-state index is 9.11. The molecule has 84 valence electrons. The normalized spacial score (nSPS) is 17.5. The van der Waals surface area contributed by atoms with Crippen LogP contribution in [0, 0.1) is 16.7 Å². The van der Waals surface area contributed by atoms with Crippen LogP contribution in [-0.2, 0) is 17.6 Å². The molecule has 0 aromatic heterocycles. The molecular weight excluding hydrogens is 198 g/mol.